The molecular formula is C29H33N3O3. The molecule has 182 valence electrons. The van der Waals surface area contributed by atoms with Gasteiger partial charge >= 0.3 is 0 Å². The van der Waals surface area contributed by atoms with Gasteiger partial charge in [0.05, 0.1) is 13.0 Å². The summed E-state index contributed by atoms with van der Waals surface area (Å²) in [6.45, 7) is 2.67. The second kappa shape index (κ2) is 11.7. The topological polar surface area (TPSA) is 70.7 Å². The Kier molecular flexibility index (Phi) is 8.16. The van der Waals surface area contributed by atoms with Gasteiger partial charge < -0.3 is 20.3 Å². The molecule has 0 aromatic heterocycles. The second-order valence-electron chi connectivity index (χ2n) is 9.11. The van der Waals surface area contributed by atoms with Gasteiger partial charge in [-0.1, -0.05) is 54.6 Å². The van der Waals surface area contributed by atoms with Crippen molar-refractivity contribution in [3.05, 3.63) is 101 Å². The number of likely N-dealkylation sites (N-methyl/N-ethyl adjacent to an activating group) is 1. The van der Waals surface area contributed by atoms with Crippen LogP contribution in [0, 0.1) is 5.92 Å². The van der Waals surface area contributed by atoms with E-state index < -0.39 is 0 Å². The standard InChI is InChI=1S/C29H33N3O3/c1-32-19-26(27(20-32)29(34)30-17-16-21-10-14-25(35-2)15-11-21)23-12-8-22(9-13-23)18-31-28(33)24-6-4-3-5-7-24/h3-15,26-27H,16-20H2,1-2H3,(H,30,34)(H,31,33)/t26-,27-/m1/s1. The van der Waals surface area contributed by atoms with Gasteiger partial charge in [-0.25, -0.2) is 0 Å². The van der Waals surface area contributed by atoms with E-state index in [4.69, 9.17) is 4.74 Å². The number of hydrogen-bond donors (Lipinski definition) is 2. The molecule has 6 heteroatoms. The lowest BCUT2D eigenvalue weighted by Crippen LogP contribution is -2.35. The summed E-state index contributed by atoms with van der Waals surface area (Å²) in [4.78, 5) is 27.5. The fraction of sp³-hybridized carbons (Fsp3) is 0.310. The third-order valence-electron chi connectivity index (χ3n) is 6.61. The summed E-state index contributed by atoms with van der Waals surface area (Å²) in [7, 11) is 3.72. The lowest BCUT2D eigenvalue weighted by molar-refractivity contribution is -0.124. The molecule has 2 N–H and O–H groups in total. The van der Waals surface area contributed by atoms with Crippen molar-refractivity contribution < 1.29 is 14.3 Å². The molecule has 0 spiro atoms. The summed E-state index contributed by atoms with van der Waals surface area (Å²) in [6.07, 6.45) is 0.784. The lowest BCUT2D eigenvalue weighted by atomic mass is 9.88. The fourth-order valence-corrected chi connectivity index (χ4v) is 4.61. The monoisotopic (exact) mass is 471 g/mol. The molecule has 1 aliphatic heterocycles. The highest BCUT2D eigenvalue weighted by Gasteiger charge is 2.36. The predicted molar refractivity (Wildman–Crippen MR) is 137 cm³/mol. The zero-order valence-electron chi connectivity index (χ0n) is 20.4. The number of hydrogen-bond acceptors (Lipinski definition) is 4. The Morgan fingerprint density at radius 1 is 0.886 bits per heavy atom. The van der Waals surface area contributed by atoms with Crippen molar-refractivity contribution in [1.29, 1.82) is 0 Å². The smallest absolute Gasteiger partial charge is 0.251 e. The van der Waals surface area contributed by atoms with Gasteiger partial charge in [0, 0.05) is 37.7 Å². The Morgan fingerprint density at radius 2 is 1.57 bits per heavy atom. The minimum Gasteiger partial charge on any atom is -0.497 e. The van der Waals surface area contributed by atoms with Crippen LogP contribution in [0.5, 0.6) is 5.75 Å². The fourth-order valence-electron chi connectivity index (χ4n) is 4.61. The Hall–Kier alpha value is -3.64. The molecule has 1 fully saturated rings. The first kappa shape index (κ1) is 24.5. The summed E-state index contributed by atoms with van der Waals surface area (Å²) < 4.78 is 5.20. The van der Waals surface area contributed by atoms with Crippen LogP contribution in [0.4, 0.5) is 0 Å². The molecule has 1 heterocycles. The number of methoxy groups -OCH3 is 1. The van der Waals surface area contributed by atoms with Crippen molar-refractivity contribution in [2.45, 2.75) is 18.9 Å². The van der Waals surface area contributed by atoms with Crippen molar-refractivity contribution in [2.24, 2.45) is 5.92 Å². The first-order valence-electron chi connectivity index (χ1n) is 12.0. The maximum atomic E-state index is 13.0. The zero-order chi connectivity index (χ0) is 24.6. The number of benzene rings is 3. The minimum atomic E-state index is -0.0848. The van der Waals surface area contributed by atoms with Crippen molar-refractivity contribution in [2.75, 3.05) is 33.8 Å². The summed E-state index contributed by atoms with van der Waals surface area (Å²) >= 11 is 0. The van der Waals surface area contributed by atoms with Crippen LogP contribution in [0.1, 0.15) is 33.0 Å². The van der Waals surface area contributed by atoms with Crippen LogP contribution in [0.15, 0.2) is 78.9 Å². The molecule has 2 atom stereocenters. The number of likely N-dealkylation sites (tertiary alicyclic amines) is 1. The minimum absolute atomic E-state index is 0.0838. The second-order valence-corrected chi connectivity index (χ2v) is 9.11. The quantitative estimate of drug-likeness (QED) is 0.500. The van der Waals surface area contributed by atoms with Crippen molar-refractivity contribution in [3.63, 3.8) is 0 Å². The molecule has 1 saturated heterocycles. The number of rotatable bonds is 9. The van der Waals surface area contributed by atoms with E-state index in [0.717, 1.165) is 36.4 Å². The van der Waals surface area contributed by atoms with E-state index in [2.05, 4.69) is 34.7 Å². The summed E-state index contributed by atoms with van der Waals surface area (Å²) in [5, 5.41) is 6.10. The van der Waals surface area contributed by atoms with E-state index >= 15 is 0 Å². The Balaban J connectivity index is 1.31. The molecule has 0 radical (unpaired) electrons. The van der Waals surface area contributed by atoms with Gasteiger partial charge in [0.2, 0.25) is 5.91 Å². The van der Waals surface area contributed by atoms with Gasteiger partial charge in [0.1, 0.15) is 5.75 Å². The molecule has 1 aliphatic rings. The van der Waals surface area contributed by atoms with E-state index in [-0.39, 0.29) is 23.7 Å². The zero-order valence-corrected chi connectivity index (χ0v) is 20.4. The summed E-state index contributed by atoms with van der Waals surface area (Å²) in [6, 6.07) is 25.4. The Bertz CT molecular complexity index is 1110. The van der Waals surface area contributed by atoms with E-state index in [1.165, 1.54) is 5.56 Å². The molecule has 0 saturated carbocycles. The van der Waals surface area contributed by atoms with Crippen molar-refractivity contribution in [1.82, 2.24) is 15.5 Å². The Labute approximate surface area is 207 Å². The molecule has 3 aromatic rings. The molecular weight excluding hydrogens is 438 g/mol. The van der Waals surface area contributed by atoms with E-state index in [0.29, 0.717) is 18.7 Å². The van der Waals surface area contributed by atoms with Gasteiger partial charge in [-0.2, -0.15) is 0 Å². The molecule has 3 aromatic carbocycles. The highest BCUT2D eigenvalue weighted by atomic mass is 16.5. The van der Waals surface area contributed by atoms with Gasteiger partial charge in [-0.3, -0.25) is 9.59 Å². The lowest BCUT2D eigenvalue weighted by Gasteiger charge is -2.19. The number of amides is 2. The van der Waals surface area contributed by atoms with Gasteiger partial charge in [0.25, 0.3) is 5.91 Å². The van der Waals surface area contributed by atoms with E-state index in [1.807, 2.05) is 54.6 Å². The highest BCUT2D eigenvalue weighted by molar-refractivity contribution is 5.94. The molecule has 0 aliphatic carbocycles. The van der Waals surface area contributed by atoms with E-state index in [9.17, 15) is 9.59 Å². The number of nitrogens with one attached hydrogen (secondary N) is 2. The molecule has 2 amide bonds. The maximum Gasteiger partial charge on any atom is 0.251 e. The van der Waals surface area contributed by atoms with Crippen LogP contribution < -0.4 is 15.4 Å². The van der Waals surface area contributed by atoms with Gasteiger partial charge in [-0.05, 0) is 54.4 Å². The average molecular weight is 472 g/mol. The highest BCUT2D eigenvalue weighted by Crippen LogP contribution is 2.32. The van der Waals surface area contributed by atoms with Crippen LogP contribution in [-0.2, 0) is 17.8 Å². The SMILES string of the molecule is COc1ccc(CCNC(=O)[C@@H]2CN(C)C[C@@H]2c2ccc(CNC(=O)c3ccccc3)cc2)cc1. The van der Waals surface area contributed by atoms with Crippen LogP contribution in [-0.4, -0.2) is 50.5 Å². The van der Waals surface area contributed by atoms with Crippen LogP contribution in [0.25, 0.3) is 0 Å². The van der Waals surface area contributed by atoms with Gasteiger partial charge in [0.15, 0.2) is 0 Å². The number of nitrogens with zero attached hydrogens (tertiary/aromatic N) is 1. The third kappa shape index (κ3) is 6.49. The summed E-state index contributed by atoms with van der Waals surface area (Å²) in [5.74, 6) is 0.915. The molecule has 6 nitrogen and oxygen atoms in total. The van der Waals surface area contributed by atoms with Crippen LogP contribution in [0.2, 0.25) is 0 Å². The van der Waals surface area contributed by atoms with Crippen LogP contribution >= 0.6 is 0 Å². The normalized spacial score (nSPS) is 17.7. The first-order valence-corrected chi connectivity index (χ1v) is 12.0. The van der Waals surface area contributed by atoms with E-state index in [1.54, 1.807) is 19.2 Å². The predicted octanol–water partition coefficient (Wildman–Crippen LogP) is 3.63. The maximum absolute atomic E-state index is 13.0. The molecule has 0 unspecified atom stereocenters. The van der Waals surface area contributed by atoms with Gasteiger partial charge in [-0.15, -0.1) is 0 Å². The largest absolute Gasteiger partial charge is 0.497 e. The van der Waals surface area contributed by atoms with Crippen LogP contribution in [0.3, 0.4) is 0 Å². The average Bonchev–Trinajstić information content (AvgIpc) is 3.30. The molecule has 4 rings (SSSR count). The van der Waals surface area contributed by atoms with Crippen molar-refractivity contribution in [3.8, 4) is 5.75 Å². The molecule has 35 heavy (non-hydrogen) atoms. The third-order valence-corrected chi connectivity index (χ3v) is 6.61. The number of carbonyl (C=O) groups is 2. The summed E-state index contributed by atoms with van der Waals surface area (Å²) in [5.41, 5.74) is 4.01. The number of carbonyl (C=O) groups excluding carboxylic acids is 2. The molecule has 0 bridgehead atoms. The van der Waals surface area contributed by atoms with Crippen molar-refractivity contribution >= 4 is 11.8 Å². The number of ether oxygens (including phenoxy) is 1. The Morgan fingerprint density at radius 3 is 2.26 bits per heavy atom. The first-order chi connectivity index (χ1) is 17.0.